The van der Waals surface area contributed by atoms with Crippen LogP contribution in [0, 0.1) is 5.41 Å². The summed E-state index contributed by atoms with van der Waals surface area (Å²) in [7, 11) is 1.89. The van der Waals surface area contributed by atoms with Gasteiger partial charge < -0.3 is 10.6 Å². The molecule has 0 atom stereocenters. The molecule has 1 aromatic heterocycles. The van der Waals surface area contributed by atoms with Gasteiger partial charge in [0.25, 0.3) is 0 Å². The molecule has 5 nitrogen and oxygen atoms in total. The van der Waals surface area contributed by atoms with E-state index < -0.39 is 0 Å². The molecule has 3 rings (SSSR count). The lowest BCUT2D eigenvalue weighted by molar-refractivity contribution is -0.610. The summed E-state index contributed by atoms with van der Waals surface area (Å²) in [4.78, 5) is 15.1. The summed E-state index contributed by atoms with van der Waals surface area (Å²) < 4.78 is 0. The Morgan fingerprint density at radius 3 is 2.80 bits per heavy atom. The van der Waals surface area contributed by atoms with Crippen LogP contribution in [0.2, 0.25) is 0 Å². The Balaban J connectivity index is 1.86. The fraction of sp³-hybridized carbons (Fsp3) is 0.632. The molecule has 2 heterocycles. The molecule has 0 unspecified atom stereocenters. The summed E-state index contributed by atoms with van der Waals surface area (Å²) in [6.45, 7) is 8.12. The zero-order chi connectivity index (χ0) is 17.9. The van der Waals surface area contributed by atoms with Crippen LogP contribution in [-0.4, -0.2) is 29.3 Å². The van der Waals surface area contributed by atoms with E-state index >= 15 is 0 Å². The van der Waals surface area contributed by atoms with Gasteiger partial charge in [0.05, 0.1) is 17.2 Å². The summed E-state index contributed by atoms with van der Waals surface area (Å²) >= 11 is 1.77. The molecule has 1 aromatic rings. The highest BCUT2D eigenvalue weighted by molar-refractivity contribution is 8.04. The van der Waals surface area contributed by atoms with Crippen molar-refractivity contribution in [2.45, 2.75) is 64.3 Å². The second kappa shape index (κ2) is 7.87. The van der Waals surface area contributed by atoms with Crippen LogP contribution in [0.5, 0.6) is 0 Å². The van der Waals surface area contributed by atoms with Gasteiger partial charge in [-0.05, 0) is 24.7 Å². The number of anilines is 1. The van der Waals surface area contributed by atoms with Gasteiger partial charge in [0.1, 0.15) is 22.7 Å². The third kappa shape index (κ3) is 4.23. The number of nitrogens with one attached hydrogen (secondary N) is 1. The lowest BCUT2D eigenvalue weighted by Crippen LogP contribution is -2.83. The minimum absolute atomic E-state index is 0.255. The lowest BCUT2D eigenvalue weighted by atomic mass is 9.78. The maximum atomic E-state index is 4.97. The van der Waals surface area contributed by atoms with Gasteiger partial charge in [-0.25, -0.2) is 15.0 Å². The van der Waals surface area contributed by atoms with E-state index in [2.05, 4.69) is 41.4 Å². The number of nitrogens with two attached hydrogens (primary N) is 1. The van der Waals surface area contributed by atoms with E-state index in [0.717, 1.165) is 29.4 Å². The summed E-state index contributed by atoms with van der Waals surface area (Å²) in [6.07, 6.45) is 9.00. The second-order valence-electron chi connectivity index (χ2n) is 7.71. The number of allylic oxidation sites excluding steroid dienone is 2. The zero-order valence-corrected chi connectivity index (χ0v) is 16.7. The van der Waals surface area contributed by atoms with Crippen LogP contribution < -0.4 is 10.6 Å². The van der Waals surface area contributed by atoms with Gasteiger partial charge in [-0.15, -0.1) is 0 Å². The summed E-state index contributed by atoms with van der Waals surface area (Å²) in [5.74, 6) is 0.817. The molecule has 0 bridgehead atoms. The zero-order valence-electron chi connectivity index (χ0n) is 15.9. The summed E-state index contributed by atoms with van der Waals surface area (Å²) in [5, 5.41) is 6.57. The quantitative estimate of drug-likeness (QED) is 0.572. The van der Waals surface area contributed by atoms with Crippen molar-refractivity contribution in [2.24, 2.45) is 10.4 Å². The third-order valence-corrected chi connectivity index (χ3v) is 5.98. The van der Waals surface area contributed by atoms with Crippen LogP contribution in [0.25, 0.3) is 0 Å². The fourth-order valence-electron chi connectivity index (χ4n) is 3.56. The summed E-state index contributed by atoms with van der Waals surface area (Å²) in [6, 6.07) is 0. The molecule has 0 fully saturated rings. The highest BCUT2D eigenvalue weighted by Crippen LogP contribution is 2.48. The van der Waals surface area contributed by atoms with E-state index in [1.807, 2.05) is 7.05 Å². The Hall–Kier alpha value is -1.40. The molecule has 0 spiro atoms. The van der Waals surface area contributed by atoms with Gasteiger partial charge in [0, 0.05) is 13.5 Å². The molecule has 1 aliphatic heterocycles. The SMILES string of the molecule is CCCCCC[NH2+]C1=C2Sc3ncnc(NC)c3N=C2CC(C)(C)C1. The van der Waals surface area contributed by atoms with Gasteiger partial charge in [-0.3, -0.25) is 0 Å². The number of hydrogen-bond acceptors (Lipinski definition) is 5. The van der Waals surface area contributed by atoms with Crippen LogP contribution in [0.1, 0.15) is 59.3 Å². The van der Waals surface area contributed by atoms with Gasteiger partial charge in [-0.2, -0.15) is 0 Å². The van der Waals surface area contributed by atoms with Crippen molar-refractivity contribution in [1.29, 1.82) is 0 Å². The topological polar surface area (TPSA) is 66.8 Å². The maximum absolute atomic E-state index is 4.97. The van der Waals surface area contributed by atoms with E-state index in [-0.39, 0.29) is 5.41 Å². The standard InChI is InChI=1S/C19H29N5S/c1-5-6-7-8-9-21-13-10-19(2,3)11-14-16(13)25-18-15(24-14)17(20-4)22-12-23-18/h12,21H,5-11H2,1-4H3,(H,20,22,23)/p+1. The first-order valence-electron chi connectivity index (χ1n) is 9.39. The number of hydrogen-bond donors (Lipinski definition) is 2. The minimum Gasteiger partial charge on any atom is -0.371 e. The van der Waals surface area contributed by atoms with Crippen molar-refractivity contribution in [2.75, 3.05) is 18.9 Å². The number of thioether (sulfide) groups is 1. The fourth-order valence-corrected chi connectivity index (χ4v) is 4.61. The molecule has 1 aliphatic carbocycles. The monoisotopic (exact) mass is 360 g/mol. The van der Waals surface area contributed by atoms with Crippen LogP contribution in [-0.2, 0) is 0 Å². The van der Waals surface area contributed by atoms with Crippen molar-refractivity contribution >= 4 is 29.0 Å². The number of unbranched alkanes of at least 4 members (excludes halogenated alkanes) is 3. The smallest absolute Gasteiger partial charge is 0.156 e. The number of fused-ring (bicyclic) bond motifs is 2. The van der Waals surface area contributed by atoms with Crippen LogP contribution >= 0.6 is 11.8 Å². The Morgan fingerprint density at radius 1 is 1.20 bits per heavy atom. The number of rotatable bonds is 7. The molecule has 0 saturated carbocycles. The Morgan fingerprint density at radius 2 is 2.04 bits per heavy atom. The molecule has 0 radical (unpaired) electrons. The van der Waals surface area contributed by atoms with Crippen molar-refractivity contribution in [1.82, 2.24) is 9.97 Å². The van der Waals surface area contributed by atoms with Crippen LogP contribution in [0.3, 0.4) is 0 Å². The third-order valence-electron chi connectivity index (χ3n) is 4.79. The predicted octanol–water partition coefficient (Wildman–Crippen LogP) is 3.87. The van der Waals surface area contributed by atoms with Gasteiger partial charge in [-0.1, -0.05) is 45.4 Å². The maximum Gasteiger partial charge on any atom is 0.156 e. The van der Waals surface area contributed by atoms with Crippen molar-refractivity contribution < 1.29 is 5.32 Å². The molecule has 0 amide bonds. The van der Waals surface area contributed by atoms with Crippen molar-refractivity contribution in [3.63, 3.8) is 0 Å². The first kappa shape index (κ1) is 18.4. The van der Waals surface area contributed by atoms with E-state index in [9.17, 15) is 0 Å². The molecule has 6 heteroatoms. The summed E-state index contributed by atoms with van der Waals surface area (Å²) in [5.41, 5.74) is 3.82. The predicted molar refractivity (Wildman–Crippen MR) is 106 cm³/mol. The highest BCUT2D eigenvalue weighted by Gasteiger charge is 2.37. The number of quaternary nitrogens is 1. The van der Waals surface area contributed by atoms with Crippen LogP contribution in [0.15, 0.2) is 26.9 Å². The Kier molecular flexibility index (Phi) is 5.79. The lowest BCUT2D eigenvalue weighted by Gasteiger charge is -2.33. The van der Waals surface area contributed by atoms with Crippen molar-refractivity contribution in [3.8, 4) is 0 Å². The Labute approximate surface area is 155 Å². The normalized spacial score (nSPS) is 18.5. The molecule has 136 valence electrons. The van der Waals surface area contributed by atoms with Gasteiger partial charge in [0.2, 0.25) is 0 Å². The van der Waals surface area contributed by atoms with E-state index in [1.54, 1.807) is 18.1 Å². The van der Waals surface area contributed by atoms with E-state index in [1.165, 1.54) is 48.5 Å². The number of aliphatic imine (C=N–C) groups is 1. The second-order valence-corrected chi connectivity index (χ2v) is 8.71. The minimum atomic E-state index is 0.255. The van der Waals surface area contributed by atoms with E-state index in [0.29, 0.717) is 0 Å². The molecule has 0 saturated heterocycles. The molecular weight excluding hydrogens is 330 g/mol. The average Bonchev–Trinajstić information content (AvgIpc) is 2.58. The average molecular weight is 361 g/mol. The molecule has 0 aromatic carbocycles. The first-order chi connectivity index (χ1) is 12.0. The van der Waals surface area contributed by atoms with E-state index in [4.69, 9.17) is 4.99 Å². The molecule has 3 N–H and O–H groups in total. The van der Waals surface area contributed by atoms with Gasteiger partial charge >= 0.3 is 0 Å². The molecular formula is C19H30N5S+. The van der Waals surface area contributed by atoms with Crippen LogP contribution in [0.4, 0.5) is 11.5 Å². The Bertz CT molecular complexity index is 693. The van der Waals surface area contributed by atoms with Gasteiger partial charge in [0.15, 0.2) is 5.82 Å². The first-order valence-corrected chi connectivity index (χ1v) is 10.2. The molecule has 2 aliphatic rings. The largest absolute Gasteiger partial charge is 0.371 e. The van der Waals surface area contributed by atoms with Crippen molar-refractivity contribution in [3.05, 3.63) is 16.9 Å². The molecule has 25 heavy (non-hydrogen) atoms. The number of nitrogens with zero attached hydrogens (tertiary/aromatic N) is 3. The number of aromatic nitrogens is 2. The highest BCUT2D eigenvalue weighted by atomic mass is 32.2.